The van der Waals surface area contributed by atoms with E-state index in [0.29, 0.717) is 5.41 Å². The summed E-state index contributed by atoms with van der Waals surface area (Å²) in [5.74, 6) is 0.981. The van der Waals surface area contributed by atoms with Crippen LogP contribution in [0.4, 0.5) is 0 Å². The third-order valence-corrected chi connectivity index (χ3v) is 4.31. The topological polar surface area (TPSA) is 15.7 Å². The second-order valence-corrected chi connectivity index (χ2v) is 5.98. The second-order valence-electron chi connectivity index (χ2n) is 5.67. The molecule has 0 radical (unpaired) electrons. The summed E-state index contributed by atoms with van der Waals surface area (Å²) in [5.41, 5.74) is 0.383. The number of hydrogen-bond donors (Lipinski definition) is 1. The second kappa shape index (κ2) is 7.62. The quantitative estimate of drug-likeness (QED) is 0.700. The maximum absolute atomic E-state index is 5.46. The molecule has 1 fully saturated rings. The number of nitrogens with zero attached hydrogens (tertiary/aromatic N) is 2. The molecular formula is C13H28N2OS. The molecule has 0 saturated carbocycles. The highest BCUT2D eigenvalue weighted by Gasteiger charge is 2.32. The molecule has 0 aromatic carbocycles. The van der Waals surface area contributed by atoms with Gasteiger partial charge in [0, 0.05) is 19.8 Å². The zero-order chi connectivity index (χ0) is 12.7. The van der Waals surface area contributed by atoms with Gasteiger partial charge in [0.25, 0.3) is 0 Å². The van der Waals surface area contributed by atoms with E-state index in [1.54, 1.807) is 0 Å². The minimum absolute atomic E-state index is 0.383. The van der Waals surface area contributed by atoms with E-state index in [2.05, 4.69) is 43.6 Å². The monoisotopic (exact) mass is 260 g/mol. The van der Waals surface area contributed by atoms with Gasteiger partial charge < -0.3 is 14.5 Å². The Kier molecular flexibility index (Phi) is 6.85. The van der Waals surface area contributed by atoms with Crippen LogP contribution in [0.25, 0.3) is 0 Å². The van der Waals surface area contributed by atoms with Gasteiger partial charge in [0.2, 0.25) is 0 Å². The smallest absolute Gasteiger partial charge is 0.0472 e. The van der Waals surface area contributed by atoms with Crippen LogP contribution in [0.2, 0.25) is 0 Å². The Balaban J connectivity index is 2.29. The van der Waals surface area contributed by atoms with Crippen molar-refractivity contribution in [3.05, 3.63) is 0 Å². The van der Waals surface area contributed by atoms with Crippen molar-refractivity contribution < 1.29 is 4.74 Å². The molecule has 0 atom stereocenters. The lowest BCUT2D eigenvalue weighted by Gasteiger charge is -2.39. The van der Waals surface area contributed by atoms with Crippen molar-refractivity contribution in [2.24, 2.45) is 5.41 Å². The molecule has 102 valence electrons. The SMILES string of the molecule is CN(C)CCCN(C)CC1(CS)CCOCC1. The van der Waals surface area contributed by atoms with Crippen molar-refractivity contribution in [1.29, 1.82) is 0 Å². The van der Waals surface area contributed by atoms with E-state index in [9.17, 15) is 0 Å². The molecule has 0 spiro atoms. The van der Waals surface area contributed by atoms with Crippen molar-refractivity contribution in [2.45, 2.75) is 19.3 Å². The molecule has 1 saturated heterocycles. The average Bonchev–Trinajstić information content (AvgIpc) is 2.29. The van der Waals surface area contributed by atoms with Crippen molar-refractivity contribution >= 4 is 12.6 Å². The highest BCUT2D eigenvalue weighted by molar-refractivity contribution is 7.80. The molecule has 1 rings (SSSR count). The maximum atomic E-state index is 5.46. The Morgan fingerprint density at radius 2 is 1.76 bits per heavy atom. The number of hydrogen-bond acceptors (Lipinski definition) is 4. The molecule has 1 heterocycles. The van der Waals surface area contributed by atoms with E-state index in [4.69, 9.17) is 4.74 Å². The molecule has 1 aliphatic rings. The van der Waals surface area contributed by atoms with Gasteiger partial charge in [-0.1, -0.05) is 0 Å². The van der Waals surface area contributed by atoms with Crippen LogP contribution in [0.3, 0.4) is 0 Å². The van der Waals surface area contributed by atoms with Crippen LogP contribution in [0.5, 0.6) is 0 Å². The third-order valence-electron chi connectivity index (χ3n) is 3.64. The minimum atomic E-state index is 0.383. The predicted octanol–water partition coefficient (Wildman–Crippen LogP) is 1.60. The first kappa shape index (κ1) is 15.3. The molecule has 4 heteroatoms. The van der Waals surface area contributed by atoms with Gasteiger partial charge in [-0.25, -0.2) is 0 Å². The van der Waals surface area contributed by atoms with Crippen LogP contribution in [0, 0.1) is 5.41 Å². The average molecular weight is 260 g/mol. The summed E-state index contributed by atoms with van der Waals surface area (Å²) in [5, 5.41) is 0. The summed E-state index contributed by atoms with van der Waals surface area (Å²) >= 11 is 4.56. The Morgan fingerprint density at radius 1 is 1.12 bits per heavy atom. The fourth-order valence-corrected chi connectivity index (χ4v) is 2.90. The largest absolute Gasteiger partial charge is 0.381 e. The van der Waals surface area contributed by atoms with Crippen molar-refractivity contribution in [1.82, 2.24) is 9.80 Å². The molecule has 3 nitrogen and oxygen atoms in total. The van der Waals surface area contributed by atoms with Gasteiger partial charge >= 0.3 is 0 Å². The van der Waals surface area contributed by atoms with E-state index in [1.165, 1.54) is 19.5 Å². The van der Waals surface area contributed by atoms with E-state index in [0.717, 1.165) is 38.4 Å². The molecule has 1 aliphatic heterocycles. The standard InChI is InChI=1S/C13H28N2OS/c1-14(2)7-4-8-15(3)11-13(12-17)5-9-16-10-6-13/h17H,4-12H2,1-3H3. The normalized spacial score (nSPS) is 20.1. The third kappa shape index (κ3) is 5.60. The first-order valence-electron chi connectivity index (χ1n) is 6.60. The van der Waals surface area contributed by atoms with Gasteiger partial charge in [0.05, 0.1) is 0 Å². The van der Waals surface area contributed by atoms with Crippen LogP contribution < -0.4 is 0 Å². The lowest BCUT2D eigenvalue weighted by Crippen LogP contribution is -2.42. The molecule has 17 heavy (non-hydrogen) atoms. The molecule has 0 N–H and O–H groups in total. The fourth-order valence-electron chi connectivity index (χ4n) is 2.48. The van der Waals surface area contributed by atoms with E-state index in [-0.39, 0.29) is 0 Å². The molecule has 0 unspecified atom stereocenters. The summed E-state index contributed by atoms with van der Waals surface area (Å²) in [7, 11) is 6.50. The van der Waals surface area contributed by atoms with Gasteiger partial charge in [0.1, 0.15) is 0 Å². The van der Waals surface area contributed by atoms with Gasteiger partial charge in [-0.3, -0.25) is 0 Å². The number of thiol groups is 1. The summed E-state index contributed by atoms with van der Waals surface area (Å²) in [6, 6.07) is 0. The van der Waals surface area contributed by atoms with Crippen LogP contribution in [0.15, 0.2) is 0 Å². The van der Waals surface area contributed by atoms with E-state index < -0.39 is 0 Å². The maximum Gasteiger partial charge on any atom is 0.0472 e. The minimum Gasteiger partial charge on any atom is -0.381 e. The Bertz CT molecular complexity index is 206. The van der Waals surface area contributed by atoms with Gasteiger partial charge in [-0.05, 0) is 64.7 Å². The van der Waals surface area contributed by atoms with Crippen LogP contribution in [0.1, 0.15) is 19.3 Å². The molecule has 0 amide bonds. The molecule has 0 aromatic heterocycles. The molecule has 0 aromatic rings. The van der Waals surface area contributed by atoms with Crippen LogP contribution >= 0.6 is 12.6 Å². The first-order chi connectivity index (χ1) is 8.08. The van der Waals surface area contributed by atoms with Gasteiger partial charge in [-0.15, -0.1) is 0 Å². The van der Waals surface area contributed by atoms with Gasteiger partial charge in [0.15, 0.2) is 0 Å². The van der Waals surface area contributed by atoms with Gasteiger partial charge in [-0.2, -0.15) is 12.6 Å². The molecule has 0 bridgehead atoms. The Morgan fingerprint density at radius 3 is 2.29 bits per heavy atom. The number of rotatable bonds is 7. The van der Waals surface area contributed by atoms with Crippen LogP contribution in [-0.4, -0.2) is 69.5 Å². The van der Waals surface area contributed by atoms with Crippen LogP contribution in [-0.2, 0) is 4.74 Å². The zero-order valence-corrected chi connectivity index (χ0v) is 12.5. The summed E-state index contributed by atoms with van der Waals surface area (Å²) in [6.45, 7) is 5.32. The highest BCUT2D eigenvalue weighted by Crippen LogP contribution is 2.32. The lowest BCUT2D eigenvalue weighted by molar-refractivity contribution is 0.0113. The summed E-state index contributed by atoms with van der Waals surface area (Å²) in [4.78, 5) is 4.71. The summed E-state index contributed by atoms with van der Waals surface area (Å²) in [6.07, 6.45) is 3.56. The Labute approximate surface area is 112 Å². The zero-order valence-electron chi connectivity index (χ0n) is 11.6. The lowest BCUT2D eigenvalue weighted by atomic mass is 9.81. The first-order valence-corrected chi connectivity index (χ1v) is 7.23. The van der Waals surface area contributed by atoms with Crippen molar-refractivity contribution in [3.8, 4) is 0 Å². The summed E-state index contributed by atoms with van der Waals surface area (Å²) < 4.78 is 5.46. The van der Waals surface area contributed by atoms with Crippen molar-refractivity contribution in [2.75, 3.05) is 59.7 Å². The fraction of sp³-hybridized carbons (Fsp3) is 1.00. The van der Waals surface area contributed by atoms with Crippen molar-refractivity contribution in [3.63, 3.8) is 0 Å². The Hall–Kier alpha value is 0.230. The predicted molar refractivity (Wildman–Crippen MR) is 77.0 cm³/mol. The molecular weight excluding hydrogens is 232 g/mol. The van der Waals surface area contributed by atoms with E-state index >= 15 is 0 Å². The number of ether oxygens (including phenoxy) is 1. The van der Waals surface area contributed by atoms with E-state index in [1.807, 2.05) is 0 Å². The highest BCUT2D eigenvalue weighted by atomic mass is 32.1. The molecule has 0 aliphatic carbocycles.